The number of hydrogen-bond donors (Lipinski definition) is 1. The van der Waals surface area contributed by atoms with Crippen molar-refractivity contribution in [2.24, 2.45) is 0 Å². The van der Waals surface area contributed by atoms with Crippen LogP contribution in [0.25, 0.3) is 0 Å². The minimum absolute atomic E-state index is 0.0447. The maximum absolute atomic E-state index is 12.4. The molecular weight excluding hydrogens is 318 g/mol. The van der Waals surface area contributed by atoms with Gasteiger partial charge in [-0.3, -0.25) is 4.79 Å². The zero-order valence-corrected chi connectivity index (χ0v) is 14.9. The summed E-state index contributed by atoms with van der Waals surface area (Å²) in [4.78, 5) is 13.9. The van der Waals surface area contributed by atoms with Gasteiger partial charge in [0.05, 0.1) is 32.8 Å². The van der Waals surface area contributed by atoms with E-state index in [1.54, 1.807) is 43.3 Å². The lowest BCUT2D eigenvalue weighted by atomic mass is 10.1. The second kappa shape index (κ2) is 9.08. The number of rotatable bonds is 8. The molecule has 1 N–H and O–H groups in total. The molecule has 0 aromatic heterocycles. The Kier molecular flexibility index (Phi) is 6.83. The van der Waals surface area contributed by atoms with Crippen molar-refractivity contribution in [3.63, 3.8) is 0 Å². The minimum Gasteiger partial charge on any atom is -0.497 e. The predicted octanol–water partition coefficient (Wildman–Crippen LogP) is 2.83. The molecule has 2 rings (SSSR count). The summed E-state index contributed by atoms with van der Waals surface area (Å²) in [6, 6.07) is 14.7. The van der Waals surface area contributed by atoms with Crippen LogP contribution in [0, 0.1) is 0 Å². The van der Waals surface area contributed by atoms with Gasteiger partial charge in [-0.1, -0.05) is 24.3 Å². The molecule has 1 unspecified atom stereocenters. The van der Waals surface area contributed by atoms with Crippen LogP contribution in [0.4, 0.5) is 0 Å². The number of carbonyl (C=O) groups is 1. The van der Waals surface area contributed by atoms with Gasteiger partial charge in [0.2, 0.25) is 5.91 Å². The lowest BCUT2D eigenvalue weighted by Crippen LogP contribution is -2.32. The van der Waals surface area contributed by atoms with Crippen molar-refractivity contribution in [3.05, 3.63) is 59.7 Å². The molecule has 0 aliphatic rings. The first-order valence-corrected chi connectivity index (χ1v) is 8.31. The van der Waals surface area contributed by atoms with Gasteiger partial charge in [-0.25, -0.2) is 0 Å². The second-order valence-corrected chi connectivity index (χ2v) is 5.82. The monoisotopic (exact) mass is 343 g/mol. The van der Waals surface area contributed by atoms with Crippen LogP contribution < -0.4 is 9.47 Å². The minimum atomic E-state index is -0.736. The number of hydrogen-bond acceptors (Lipinski definition) is 4. The number of benzene rings is 2. The molecule has 0 saturated carbocycles. The van der Waals surface area contributed by atoms with Crippen molar-refractivity contribution in [1.29, 1.82) is 0 Å². The summed E-state index contributed by atoms with van der Waals surface area (Å²) >= 11 is 0. The molecule has 0 saturated heterocycles. The average Bonchev–Trinajstić information content (AvgIpc) is 2.63. The molecule has 134 valence electrons. The fraction of sp³-hybridized carbons (Fsp3) is 0.350. The average molecular weight is 343 g/mol. The predicted molar refractivity (Wildman–Crippen MR) is 96.9 cm³/mol. The Hall–Kier alpha value is -2.53. The highest BCUT2D eigenvalue weighted by molar-refractivity contribution is 5.78. The van der Waals surface area contributed by atoms with Crippen molar-refractivity contribution < 1.29 is 19.4 Å². The standard InChI is InChI=1S/C20H25NO4/c1-4-25-18-9-5-15(6-10-18)13-20(23)21(2)14-19(22)16-7-11-17(24-3)12-8-16/h5-12,19,22H,4,13-14H2,1-3H3. The van der Waals surface area contributed by atoms with Crippen LogP contribution in [0.15, 0.2) is 48.5 Å². The molecular formula is C20H25NO4. The topological polar surface area (TPSA) is 59.0 Å². The van der Waals surface area contributed by atoms with Gasteiger partial charge < -0.3 is 19.5 Å². The second-order valence-electron chi connectivity index (χ2n) is 5.82. The first-order valence-electron chi connectivity index (χ1n) is 8.31. The van der Waals surface area contributed by atoms with Crippen LogP contribution in [-0.4, -0.2) is 43.2 Å². The molecule has 2 aromatic carbocycles. The lowest BCUT2D eigenvalue weighted by Gasteiger charge is -2.21. The Balaban J connectivity index is 1.90. The van der Waals surface area contributed by atoms with E-state index >= 15 is 0 Å². The van der Waals surface area contributed by atoms with Gasteiger partial charge in [-0.05, 0) is 42.3 Å². The number of amides is 1. The largest absolute Gasteiger partial charge is 0.497 e. The zero-order valence-electron chi connectivity index (χ0n) is 14.9. The quantitative estimate of drug-likeness (QED) is 0.801. The smallest absolute Gasteiger partial charge is 0.226 e. The highest BCUT2D eigenvalue weighted by atomic mass is 16.5. The number of aliphatic hydroxyl groups excluding tert-OH is 1. The summed E-state index contributed by atoms with van der Waals surface area (Å²) < 4.78 is 10.5. The Morgan fingerprint density at radius 2 is 1.68 bits per heavy atom. The lowest BCUT2D eigenvalue weighted by molar-refractivity contribution is -0.130. The molecule has 5 nitrogen and oxygen atoms in total. The highest BCUT2D eigenvalue weighted by Crippen LogP contribution is 2.19. The first-order chi connectivity index (χ1) is 12.0. The summed E-state index contributed by atoms with van der Waals surface area (Å²) in [5.74, 6) is 1.48. The molecule has 1 atom stereocenters. The van der Waals surface area contributed by atoms with Crippen molar-refractivity contribution in [1.82, 2.24) is 4.90 Å². The van der Waals surface area contributed by atoms with E-state index < -0.39 is 6.10 Å². The van der Waals surface area contributed by atoms with E-state index in [9.17, 15) is 9.90 Å². The number of ether oxygens (including phenoxy) is 2. The number of likely N-dealkylation sites (N-methyl/N-ethyl adjacent to an activating group) is 1. The normalized spacial score (nSPS) is 11.7. The van der Waals surface area contributed by atoms with Crippen LogP contribution in [-0.2, 0) is 11.2 Å². The van der Waals surface area contributed by atoms with Gasteiger partial charge in [-0.2, -0.15) is 0 Å². The van der Waals surface area contributed by atoms with Crippen LogP contribution >= 0.6 is 0 Å². The van der Waals surface area contributed by atoms with E-state index in [1.807, 2.05) is 31.2 Å². The van der Waals surface area contributed by atoms with E-state index in [4.69, 9.17) is 9.47 Å². The van der Waals surface area contributed by atoms with Crippen molar-refractivity contribution in [2.75, 3.05) is 27.3 Å². The maximum atomic E-state index is 12.4. The third-order valence-corrected chi connectivity index (χ3v) is 3.96. The number of carbonyl (C=O) groups excluding carboxylic acids is 1. The summed E-state index contributed by atoms with van der Waals surface area (Å²) in [6.45, 7) is 2.78. The number of nitrogens with zero attached hydrogens (tertiary/aromatic N) is 1. The number of aliphatic hydroxyl groups is 1. The van der Waals surface area contributed by atoms with E-state index in [0.29, 0.717) is 6.61 Å². The Labute approximate surface area is 148 Å². The summed E-state index contributed by atoms with van der Waals surface area (Å²) in [5.41, 5.74) is 1.67. The van der Waals surface area contributed by atoms with E-state index in [2.05, 4.69) is 0 Å². The van der Waals surface area contributed by atoms with Gasteiger partial charge in [-0.15, -0.1) is 0 Å². The molecule has 2 aromatic rings. The van der Waals surface area contributed by atoms with Crippen molar-refractivity contribution in [2.45, 2.75) is 19.4 Å². The summed E-state index contributed by atoms with van der Waals surface area (Å²) in [7, 11) is 3.29. The molecule has 0 heterocycles. The maximum Gasteiger partial charge on any atom is 0.226 e. The molecule has 0 bridgehead atoms. The molecule has 0 aliphatic heterocycles. The fourth-order valence-corrected chi connectivity index (χ4v) is 2.47. The Morgan fingerprint density at radius 3 is 2.24 bits per heavy atom. The molecule has 1 amide bonds. The van der Waals surface area contributed by atoms with Crippen LogP contribution in [0.5, 0.6) is 11.5 Å². The van der Waals surface area contributed by atoms with Crippen LogP contribution in [0.1, 0.15) is 24.2 Å². The van der Waals surface area contributed by atoms with Crippen molar-refractivity contribution >= 4 is 5.91 Å². The third-order valence-electron chi connectivity index (χ3n) is 3.96. The molecule has 0 spiro atoms. The summed E-state index contributed by atoms with van der Waals surface area (Å²) in [5, 5.41) is 10.3. The fourth-order valence-electron chi connectivity index (χ4n) is 2.47. The van der Waals surface area contributed by atoms with Gasteiger partial charge >= 0.3 is 0 Å². The molecule has 0 aliphatic carbocycles. The van der Waals surface area contributed by atoms with E-state index in [1.165, 1.54) is 0 Å². The van der Waals surface area contributed by atoms with E-state index in [-0.39, 0.29) is 18.9 Å². The van der Waals surface area contributed by atoms with Gasteiger partial charge in [0, 0.05) is 7.05 Å². The molecule has 5 heteroatoms. The summed E-state index contributed by atoms with van der Waals surface area (Å²) in [6.07, 6.45) is -0.446. The molecule has 0 fully saturated rings. The van der Waals surface area contributed by atoms with Crippen LogP contribution in [0.3, 0.4) is 0 Å². The Bertz CT molecular complexity index is 667. The van der Waals surface area contributed by atoms with Crippen molar-refractivity contribution in [3.8, 4) is 11.5 Å². The van der Waals surface area contributed by atoms with E-state index in [0.717, 1.165) is 22.6 Å². The van der Waals surface area contributed by atoms with Gasteiger partial charge in [0.1, 0.15) is 11.5 Å². The molecule has 25 heavy (non-hydrogen) atoms. The third kappa shape index (κ3) is 5.50. The highest BCUT2D eigenvalue weighted by Gasteiger charge is 2.15. The van der Waals surface area contributed by atoms with Gasteiger partial charge in [0.25, 0.3) is 0 Å². The first kappa shape index (κ1) is 18.8. The number of methoxy groups -OCH3 is 1. The van der Waals surface area contributed by atoms with Gasteiger partial charge in [0.15, 0.2) is 0 Å². The Morgan fingerprint density at radius 1 is 1.08 bits per heavy atom. The zero-order chi connectivity index (χ0) is 18.2. The SMILES string of the molecule is CCOc1ccc(CC(=O)N(C)CC(O)c2ccc(OC)cc2)cc1. The van der Waals surface area contributed by atoms with Crippen LogP contribution in [0.2, 0.25) is 0 Å². The molecule has 0 radical (unpaired) electrons.